The highest BCUT2D eigenvalue weighted by Crippen LogP contribution is 2.44. The molecule has 1 aliphatic heterocycles. The Labute approximate surface area is 191 Å². The zero-order chi connectivity index (χ0) is 22.8. The molecule has 6 heteroatoms. The van der Waals surface area contributed by atoms with Crippen molar-refractivity contribution in [1.82, 2.24) is 14.5 Å². The number of carbonyl (C=O) groups excluding carboxylic acids is 2. The lowest BCUT2D eigenvalue weighted by Crippen LogP contribution is -2.14. The van der Waals surface area contributed by atoms with Gasteiger partial charge >= 0.3 is 0 Å². The number of allylic oxidation sites excluding steroid dienone is 2. The molecular weight excluding hydrogens is 412 g/mol. The van der Waals surface area contributed by atoms with Crippen LogP contribution in [0, 0.1) is 0 Å². The van der Waals surface area contributed by atoms with Gasteiger partial charge in [-0.15, -0.1) is 0 Å². The number of nitrogens with zero attached hydrogens (tertiary/aromatic N) is 3. The van der Waals surface area contributed by atoms with Gasteiger partial charge in [0.15, 0.2) is 5.78 Å². The zero-order valence-electron chi connectivity index (χ0n) is 18.1. The maximum Gasteiger partial charge on any atom is 0.255 e. The van der Waals surface area contributed by atoms with Crippen LogP contribution in [0.4, 0.5) is 5.69 Å². The summed E-state index contributed by atoms with van der Waals surface area (Å²) in [5.74, 6) is -0.229. The van der Waals surface area contributed by atoms with E-state index in [1.165, 1.54) is 0 Å². The Balaban J connectivity index is 1.35. The van der Waals surface area contributed by atoms with E-state index in [2.05, 4.69) is 38.9 Å². The minimum atomic E-state index is -0.245. The molecule has 5 rings (SSSR count). The van der Waals surface area contributed by atoms with E-state index in [1.54, 1.807) is 55.1 Å². The van der Waals surface area contributed by atoms with E-state index in [4.69, 9.17) is 0 Å². The third kappa shape index (κ3) is 3.99. The number of ketones is 1. The molecule has 1 amide bonds. The molecule has 2 aromatic heterocycles. The summed E-state index contributed by atoms with van der Waals surface area (Å²) >= 11 is 0. The number of amides is 1. The Morgan fingerprint density at radius 1 is 0.909 bits per heavy atom. The average molecular weight is 434 g/mol. The number of rotatable bonds is 6. The summed E-state index contributed by atoms with van der Waals surface area (Å²) in [6, 6.07) is 20.3. The number of carbonyl (C=O) groups is 2. The van der Waals surface area contributed by atoms with Crippen LogP contribution in [0.3, 0.4) is 0 Å². The van der Waals surface area contributed by atoms with Crippen molar-refractivity contribution < 1.29 is 9.59 Å². The van der Waals surface area contributed by atoms with Crippen LogP contribution in [-0.2, 0) is 0 Å². The first-order valence-electron chi connectivity index (χ1n) is 10.7. The number of imidazole rings is 1. The standard InChI is InChI=1S/C27H22N4O2/c1-18-24-16-29-17-31(24)23(26(18)20-6-3-2-4-7-20)14-25(32)19-9-11-21(12-10-19)27(33)30-22-8-5-13-28-15-22/h2-13,15-17,23H,14H2,1H3,(H,30,33). The van der Waals surface area contributed by atoms with Crippen LogP contribution in [0.25, 0.3) is 11.1 Å². The van der Waals surface area contributed by atoms with Crippen molar-refractivity contribution >= 4 is 28.5 Å². The molecule has 1 unspecified atom stereocenters. The first-order chi connectivity index (χ1) is 16.1. The second kappa shape index (κ2) is 8.67. The number of nitrogens with one attached hydrogen (secondary N) is 1. The normalized spacial score (nSPS) is 14.8. The molecule has 2 aromatic carbocycles. The van der Waals surface area contributed by atoms with Gasteiger partial charge in [-0.3, -0.25) is 14.6 Å². The van der Waals surface area contributed by atoms with Crippen LogP contribution < -0.4 is 5.32 Å². The molecule has 0 fully saturated rings. The molecule has 0 saturated carbocycles. The number of benzene rings is 2. The Morgan fingerprint density at radius 3 is 2.39 bits per heavy atom. The summed E-state index contributed by atoms with van der Waals surface area (Å²) in [4.78, 5) is 34.0. The van der Waals surface area contributed by atoms with Gasteiger partial charge in [-0.25, -0.2) is 4.98 Å². The van der Waals surface area contributed by atoms with Gasteiger partial charge in [0.1, 0.15) is 0 Å². The monoisotopic (exact) mass is 434 g/mol. The van der Waals surface area contributed by atoms with Crippen molar-refractivity contribution in [2.45, 2.75) is 19.4 Å². The molecule has 3 heterocycles. The van der Waals surface area contributed by atoms with Crippen molar-refractivity contribution in [1.29, 1.82) is 0 Å². The molecule has 6 nitrogen and oxygen atoms in total. The van der Waals surface area contributed by atoms with E-state index in [0.717, 1.165) is 22.4 Å². The van der Waals surface area contributed by atoms with Gasteiger partial charge in [0.05, 0.1) is 36.1 Å². The fourth-order valence-electron chi connectivity index (χ4n) is 4.34. The Kier molecular flexibility index (Phi) is 5.40. The quantitative estimate of drug-likeness (QED) is 0.419. The van der Waals surface area contributed by atoms with Gasteiger partial charge in [-0.1, -0.05) is 42.5 Å². The van der Waals surface area contributed by atoms with Crippen LogP contribution >= 0.6 is 0 Å². The predicted molar refractivity (Wildman–Crippen MR) is 128 cm³/mol. The summed E-state index contributed by atoms with van der Waals surface area (Å²) in [6.07, 6.45) is 7.18. The van der Waals surface area contributed by atoms with Crippen LogP contribution in [0.5, 0.6) is 0 Å². The number of hydrogen-bond acceptors (Lipinski definition) is 4. The lowest BCUT2D eigenvalue weighted by atomic mass is 9.91. The summed E-state index contributed by atoms with van der Waals surface area (Å²) in [7, 11) is 0. The number of fused-ring (bicyclic) bond motifs is 1. The van der Waals surface area contributed by atoms with Crippen molar-refractivity contribution in [2.75, 3.05) is 5.32 Å². The third-order valence-corrected chi connectivity index (χ3v) is 5.98. The third-order valence-electron chi connectivity index (χ3n) is 5.98. The zero-order valence-corrected chi connectivity index (χ0v) is 18.1. The second-order valence-corrected chi connectivity index (χ2v) is 8.01. The van der Waals surface area contributed by atoms with Crippen LogP contribution in [0.15, 0.2) is 91.6 Å². The maximum atomic E-state index is 13.2. The molecule has 0 radical (unpaired) electrons. The lowest BCUT2D eigenvalue weighted by Gasteiger charge is -2.18. The van der Waals surface area contributed by atoms with E-state index in [-0.39, 0.29) is 17.7 Å². The summed E-state index contributed by atoms with van der Waals surface area (Å²) in [6.45, 7) is 2.08. The summed E-state index contributed by atoms with van der Waals surface area (Å²) in [5, 5.41) is 2.80. The largest absolute Gasteiger partial charge is 0.323 e. The molecule has 33 heavy (non-hydrogen) atoms. The van der Waals surface area contributed by atoms with Crippen molar-refractivity contribution in [3.8, 4) is 0 Å². The van der Waals surface area contributed by atoms with E-state index in [1.807, 2.05) is 24.4 Å². The molecule has 0 saturated heterocycles. The number of aromatic nitrogens is 3. The molecule has 1 N–H and O–H groups in total. The lowest BCUT2D eigenvalue weighted by molar-refractivity contribution is 0.0970. The van der Waals surface area contributed by atoms with Gasteiger partial charge < -0.3 is 9.88 Å². The molecule has 4 aromatic rings. The number of pyridine rings is 1. The average Bonchev–Trinajstić information content (AvgIpc) is 3.43. The second-order valence-electron chi connectivity index (χ2n) is 8.01. The maximum absolute atomic E-state index is 13.2. The summed E-state index contributed by atoms with van der Waals surface area (Å²) < 4.78 is 2.07. The Morgan fingerprint density at radius 2 is 1.67 bits per heavy atom. The Hall–Kier alpha value is -4.32. The SMILES string of the molecule is CC1=C(c2ccccc2)C(CC(=O)c2ccc(C(=O)Nc3cccnc3)cc2)n2cncc21. The first-order valence-corrected chi connectivity index (χ1v) is 10.7. The van der Waals surface area contributed by atoms with Crippen molar-refractivity contribution in [2.24, 2.45) is 0 Å². The van der Waals surface area contributed by atoms with Crippen molar-refractivity contribution in [3.05, 3.63) is 114 Å². The van der Waals surface area contributed by atoms with Crippen LogP contribution in [0.2, 0.25) is 0 Å². The number of Topliss-reactive ketones (excluding diaryl/α,β-unsaturated/α-hetero) is 1. The molecule has 162 valence electrons. The van der Waals surface area contributed by atoms with Crippen molar-refractivity contribution in [3.63, 3.8) is 0 Å². The van der Waals surface area contributed by atoms with E-state index < -0.39 is 0 Å². The molecule has 1 aliphatic rings. The highest BCUT2D eigenvalue weighted by Gasteiger charge is 2.31. The molecule has 1 atom stereocenters. The van der Waals surface area contributed by atoms with Gasteiger partial charge in [-0.2, -0.15) is 0 Å². The predicted octanol–water partition coefficient (Wildman–Crippen LogP) is 5.29. The molecular formula is C27H22N4O2. The fraction of sp³-hybridized carbons (Fsp3) is 0.111. The highest BCUT2D eigenvalue weighted by atomic mass is 16.1. The highest BCUT2D eigenvalue weighted by molar-refractivity contribution is 6.05. The smallest absolute Gasteiger partial charge is 0.255 e. The van der Waals surface area contributed by atoms with Gasteiger partial charge in [0.2, 0.25) is 0 Å². The molecule has 0 spiro atoms. The minimum absolute atomic E-state index is 0.0157. The topological polar surface area (TPSA) is 76.9 Å². The van der Waals surface area contributed by atoms with Crippen LogP contribution in [-0.4, -0.2) is 26.2 Å². The first kappa shape index (κ1) is 20.6. The van der Waals surface area contributed by atoms with Crippen LogP contribution in [0.1, 0.15) is 51.4 Å². The van der Waals surface area contributed by atoms with E-state index in [9.17, 15) is 9.59 Å². The number of anilines is 1. The Bertz CT molecular complexity index is 1340. The fourth-order valence-corrected chi connectivity index (χ4v) is 4.34. The van der Waals surface area contributed by atoms with Gasteiger partial charge in [0.25, 0.3) is 5.91 Å². The number of hydrogen-bond donors (Lipinski definition) is 1. The van der Waals surface area contributed by atoms with Gasteiger partial charge in [-0.05, 0) is 47.9 Å². The molecule has 0 bridgehead atoms. The van der Waals surface area contributed by atoms with E-state index >= 15 is 0 Å². The minimum Gasteiger partial charge on any atom is -0.323 e. The van der Waals surface area contributed by atoms with Gasteiger partial charge in [0, 0.05) is 23.7 Å². The molecule has 0 aliphatic carbocycles. The van der Waals surface area contributed by atoms with E-state index in [0.29, 0.717) is 23.2 Å². The summed E-state index contributed by atoms with van der Waals surface area (Å²) in [5.41, 5.74) is 6.11.